The molecule has 0 saturated carbocycles. The summed E-state index contributed by atoms with van der Waals surface area (Å²) in [5.41, 5.74) is 3.15. The Morgan fingerprint density at radius 1 is 1.10 bits per heavy atom. The molecule has 1 fully saturated rings. The van der Waals surface area contributed by atoms with Crippen molar-refractivity contribution >= 4 is 17.5 Å². The molecule has 7 nitrogen and oxygen atoms in total. The van der Waals surface area contributed by atoms with Crippen LogP contribution in [0.2, 0.25) is 0 Å². The van der Waals surface area contributed by atoms with Gasteiger partial charge in [0.15, 0.2) is 18.0 Å². The van der Waals surface area contributed by atoms with Gasteiger partial charge >= 0.3 is 0 Å². The number of ether oxygens (including phenoxy) is 2. The molecule has 4 rings (SSSR count). The number of aryl methyl sites for hydroxylation is 2. The number of carbonyl (C=O) groups excluding carboxylic acids is 2. The van der Waals surface area contributed by atoms with Gasteiger partial charge in [0.25, 0.3) is 11.8 Å². The molecular weight excluding hydrogens is 394 g/mol. The summed E-state index contributed by atoms with van der Waals surface area (Å²) < 4.78 is 11.5. The van der Waals surface area contributed by atoms with Gasteiger partial charge < -0.3 is 24.6 Å². The van der Waals surface area contributed by atoms with Gasteiger partial charge in [-0.05, 0) is 36.6 Å². The molecular formula is C24H30N3O4+. The molecule has 0 radical (unpaired) electrons. The lowest BCUT2D eigenvalue weighted by molar-refractivity contribution is -0.895. The maximum atomic E-state index is 12.9. The quantitative estimate of drug-likeness (QED) is 0.753. The van der Waals surface area contributed by atoms with Crippen molar-refractivity contribution < 1.29 is 24.0 Å². The van der Waals surface area contributed by atoms with Gasteiger partial charge in [-0.25, -0.2) is 0 Å². The van der Waals surface area contributed by atoms with Crippen LogP contribution in [-0.2, 0) is 16.0 Å². The van der Waals surface area contributed by atoms with E-state index in [9.17, 15) is 9.59 Å². The summed E-state index contributed by atoms with van der Waals surface area (Å²) in [4.78, 5) is 28.5. The largest absolute Gasteiger partial charge is 0.485 e. The van der Waals surface area contributed by atoms with Crippen molar-refractivity contribution in [1.29, 1.82) is 0 Å². The van der Waals surface area contributed by atoms with E-state index in [-0.39, 0.29) is 18.4 Å². The number of fused-ring (bicyclic) bond motifs is 1. The van der Waals surface area contributed by atoms with E-state index in [2.05, 4.69) is 18.3 Å². The summed E-state index contributed by atoms with van der Waals surface area (Å²) in [5.74, 6) is 1.24. The smallest absolute Gasteiger partial charge is 0.279 e. The monoisotopic (exact) mass is 424 g/mol. The van der Waals surface area contributed by atoms with Crippen LogP contribution < -0.4 is 19.7 Å². The Kier molecular flexibility index (Phi) is 6.42. The Morgan fingerprint density at radius 2 is 1.84 bits per heavy atom. The summed E-state index contributed by atoms with van der Waals surface area (Å²) in [7, 11) is 0. The highest BCUT2D eigenvalue weighted by atomic mass is 16.6. The van der Waals surface area contributed by atoms with Gasteiger partial charge in [0, 0.05) is 5.69 Å². The summed E-state index contributed by atoms with van der Waals surface area (Å²) in [6.07, 6.45) is 0.260. The second-order valence-corrected chi connectivity index (χ2v) is 8.13. The lowest BCUT2D eigenvalue weighted by Crippen LogP contribution is -3.15. The van der Waals surface area contributed by atoms with E-state index in [1.165, 1.54) is 4.90 Å². The summed E-state index contributed by atoms with van der Waals surface area (Å²) >= 11 is 0. The SMILES string of the molecule is CCc1cccc(C)c1NC(=O)C[NH+]1CCN(C(=O)[C@@H]2COc3ccccc3O2)CC1. The fraction of sp³-hybridized carbons (Fsp3) is 0.417. The number of hydrogen-bond acceptors (Lipinski definition) is 4. The van der Waals surface area contributed by atoms with Crippen molar-refractivity contribution in [3.8, 4) is 11.5 Å². The lowest BCUT2D eigenvalue weighted by atomic mass is 10.1. The minimum atomic E-state index is -0.617. The van der Waals surface area contributed by atoms with Crippen LogP contribution >= 0.6 is 0 Å². The predicted molar refractivity (Wildman–Crippen MR) is 118 cm³/mol. The first-order chi connectivity index (χ1) is 15.0. The van der Waals surface area contributed by atoms with E-state index in [4.69, 9.17) is 9.47 Å². The number of amides is 2. The van der Waals surface area contributed by atoms with E-state index in [1.54, 1.807) is 0 Å². The average Bonchev–Trinajstić information content (AvgIpc) is 2.80. The first kappa shape index (κ1) is 21.2. The first-order valence-corrected chi connectivity index (χ1v) is 10.9. The van der Waals surface area contributed by atoms with Crippen molar-refractivity contribution in [1.82, 2.24) is 4.90 Å². The zero-order chi connectivity index (χ0) is 21.8. The number of rotatable bonds is 5. The molecule has 7 heteroatoms. The van der Waals surface area contributed by atoms with Gasteiger partial charge in [-0.2, -0.15) is 0 Å². The molecule has 0 spiro atoms. The van der Waals surface area contributed by atoms with Gasteiger partial charge in [-0.15, -0.1) is 0 Å². The number of nitrogens with zero attached hydrogens (tertiary/aromatic N) is 1. The van der Waals surface area contributed by atoms with Crippen LogP contribution in [0.1, 0.15) is 18.1 Å². The molecule has 2 aromatic rings. The zero-order valence-corrected chi connectivity index (χ0v) is 18.1. The van der Waals surface area contributed by atoms with E-state index < -0.39 is 6.10 Å². The second kappa shape index (κ2) is 9.39. The summed E-state index contributed by atoms with van der Waals surface area (Å²) in [6.45, 7) is 7.40. The Balaban J connectivity index is 1.27. The Bertz CT molecular complexity index is 954. The number of nitrogens with one attached hydrogen (secondary N) is 2. The number of piperazine rings is 1. The predicted octanol–water partition coefficient (Wildman–Crippen LogP) is 1.06. The first-order valence-electron chi connectivity index (χ1n) is 10.9. The number of para-hydroxylation sites is 3. The van der Waals surface area contributed by atoms with Crippen LogP contribution in [0, 0.1) is 6.92 Å². The Labute approximate surface area is 182 Å². The van der Waals surface area contributed by atoms with Crippen LogP contribution in [0.15, 0.2) is 42.5 Å². The third-order valence-electron chi connectivity index (χ3n) is 5.98. The number of anilines is 1. The molecule has 31 heavy (non-hydrogen) atoms. The molecule has 0 aliphatic carbocycles. The van der Waals surface area contributed by atoms with Gasteiger partial charge in [-0.3, -0.25) is 9.59 Å². The number of quaternary nitrogens is 1. The van der Waals surface area contributed by atoms with Crippen molar-refractivity contribution in [2.75, 3.05) is 44.6 Å². The van der Waals surface area contributed by atoms with Gasteiger partial charge in [0.2, 0.25) is 6.10 Å². The fourth-order valence-electron chi connectivity index (χ4n) is 4.18. The van der Waals surface area contributed by atoms with Crippen LogP contribution in [0.5, 0.6) is 11.5 Å². The van der Waals surface area contributed by atoms with Crippen molar-refractivity contribution in [2.24, 2.45) is 0 Å². The minimum absolute atomic E-state index is 0.0133. The van der Waals surface area contributed by atoms with Crippen LogP contribution in [0.25, 0.3) is 0 Å². The van der Waals surface area contributed by atoms with E-state index in [1.807, 2.05) is 48.2 Å². The molecule has 2 aromatic carbocycles. The fourth-order valence-corrected chi connectivity index (χ4v) is 4.18. The number of carbonyl (C=O) groups is 2. The molecule has 1 saturated heterocycles. The molecule has 2 aliphatic rings. The molecule has 2 heterocycles. The highest BCUT2D eigenvalue weighted by molar-refractivity contribution is 5.93. The van der Waals surface area contributed by atoms with Crippen LogP contribution in [0.3, 0.4) is 0 Å². The average molecular weight is 425 g/mol. The van der Waals surface area contributed by atoms with Crippen LogP contribution in [0.4, 0.5) is 5.69 Å². The van der Waals surface area contributed by atoms with Crippen molar-refractivity contribution in [2.45, 2.75) is 26.4 Å². The van der Waals surface area contributed by atoms with Gasteiger partial charge in [0.1, 0.15) is 6.61 Å². The van der Waals surface area contributed by atoms with Crippen molar-refractivity contribution in [3.05, 3.63) is 53.6 Å². The Hall–Kier alpha value is -3.06. The molecule has 0 unspecified atom stereocenters. The van der Waals surface area contributed by atoms with Gasteiger partial charge in [0.05, 0.1) is 26.2 Å². The Morgan fingerprint density at radius 3 is 2.58 bits per heavy atom. The molecule has 1 atom stereocenters. The molecule has 0 aromatic heterocycles. The maximum absolute atomic E-state index is 12.9. The number of benzene rings is 2. The third-order valence-corrected chi connectivity index (χ3v) is 5.98. The lowest BCUT2D eigenvalue weighted by Gasteiger charge is -2.35. The molecule has 0 bridgehead atoms. The second-order valence-electron chi connectivity index (χ2n) is 8.13. The van der Waals surface area contributed by atoms with E-state index >= 15 is 0 Å². The standard InChI is InChI=1S/C24H29N3O4/c1-3-18-8-6-7-17(2)23(18)25-22(28)15-26-11-13-27(14-12-26)24(29)21-16-30-19-9-4-5-10-20(19)31-21/h4-10,21H,3,11-16H2,1-2H3,(H,25,28)/p+1/t21-/m0/s1. The highest BCUT2D eigenvalue weighted by Crippen LogP contribution is 2.31. The zero-order valence-electron chi connectivity index (χ0n) is 18.1. The van der Waals surface area contributed by atoms with E-state index in [0.29, 0.717) is 31.1 Å². The molecule has 2 amide bonds. The normalized spacial score (nSPS) is 18.5. The number of hydrogen-bond donors (Lipinski definition) is 2. The van der Waals surface area contributed by atoms with Crippen LogP contribution in [-0.4, -0.2) is 62.1 Å². The maximum Gasteiger partial charge on any atom is 0.279 e. The molecule has 2 N–H and O–H groups in total. The van der Waals surface area contributed by atoms with E-state index in [0.717, 1.165) is 36.3 Å². The topological polar surface area (TPSA) is 72.3 Å². The van der Waals surface area contributed by atoms with Crippen molar-refractivity contribution in [3.63, 3.8) is 0 Å². The highest BCUT2D eigenvalue weighted by Gasteiger charge is 2.34. The van der Waals surface area contributed by atoms with Gasteiger partial charge in [-0.1, -0.05) is 37.3 Å². The molecule has 2 aliphatic heterocycles. The third kappa shape index (κ3) is 4.82. The minimum Gasteiger partial charge on any atom is -0.485 e. The summed E-state index contributed by atoms with van der Waals surface area (Å²) in [6, 6.07) is 13.5. The molecule has 164 valence electrons. The summed E-state index contributed by atoms with van der Waals surface area (Å²) in [5, 5.41) is 3.10.